The summed E-state index contributed by atoms with van der Waals surface area (Å²) in [6.45, 7) is 4.55. The van der Waals surface area contributed by atoms with E-state index in [9.17, 15) is 18.4 Å². The predicted octanol–water partition coefficient (Wildman–Crippen LogP) is 2.20. The fourth-order valence-corrected chi connectivity index (χ4v) is 1.61. The molecule has 1 aromatic rings. The molecule has 0 aliphatic rings. The van der Waals surface area contributed by atoms with Crippen LogP contribution in [0.2, 0.25) is 0 Å². The largest absolute Gasteiger partial charge is 0.344 e. The van der Waals surface area contributed by atoms with Gasteiger partial charge < -0.3 is 10.2 Å². The third kappa shape index (κ3) is 5.49. The average Bonchev–Trinajstić information content (AvgIpc) is 2.44. The van der Waals surface area contributed by atoms with E-state index in [1.54, 1.807) is 7.05 Å². The molecule has 4 nitrogen and oxygen atoms in total. The molecule has 0 bridgehead atoms. The molecular weight excluding hydrogens is 278 g/mol. The highest BCUT2D eigenvalue weighted by Gasteiger charge is 2.13. The molecule has 21 heavy (non-hydrogen) atoms. The number of hydrogen-bond acceptors (Lipinski definition) is 2. The number of rotatable bonds is 6. The summed E-state index contributed by atoms with van der Waals surface area (Å²) in [5.74, 6) is -2.47. The second-order valence-electron chi connectivity index (χ2n) is 5.31. The van der Waals surface area contributed by atoms with Crippen molar-refractivity contribution in [3.8, 4) is 0 Å². The van der Waals surface area contributed by atoms with Crippen molar-refractivity contribution < 1.29 is 18.4 Å². The van der Waals surface area contributed by atoms with Crippen LogP contribution in [-0.2, 0) is 4.79 Å². The van der Waals surface area contributed by atoms with Crippen LogP contribution in [0.4, 0.5) is 8.78 Å². The van der Waals surface area contributed by atoms with Crippen LogP contribution in [0, 0.1) is 17.6 Å². The summed E-state index contributed by atoms with van der Waals surface area (Å²) in [4.78, 5) is 25.1. The maximum Gasteiger partial charge on any atom is 0.251 e. The van der Waals surface area contributed by atoms with Crippen LogP contribution in [0.5, 0.6) is 0 Å². The molecule has 0 aliphatic carbocycles. The summed E-state index contributed by atoms with van der Waals surface area (Å²) in [5.41, 5.74) is -0.0217. The maximum absolute atomic E-state index is 13.0. The first-order chi connectivity index (χ1) is 9.81. The van der Waals surface area contributed by atoms with Gasteiger partial charge in [-0.15, -0.1) is 0 Å². The summed E-state index contributed by atoms with van der Waals surface area (Å²) in [6.07, 6.45) is 0.874. The molecule has 0 aromatic heterocycles. The number of nitrogens with one attached hydrogen (secondary N) is 1. The van der Waals surface area contributed by atoms with Gasteiger partial charge in [-0.05, 0) is 30.5 Å². The number of carbonyl (C=O) groups excluding carboxylic acids is 2. The first-order valence-corrected chi connectivity index (χ1v) is 6.78. The quantitative estimate of drug-likeness (QED) is 0.875. The van der Waals surface area contributed by atoms with Crippen LogP contribution < -0.4 is 5.32 Å². The van der Waals surface area contributed by atoms with Crippen LogP contribution in [-0.4, -0.2) is 36.9 Å². The first kappa shape index (κ1) is 17.1. The predicted molar refractivity (Wildman–Crippen MR) is 75.8 cm³/mol. The van der Waals surface area contributed by atoms with Crippen LogP contribution >= 0.6 is 0 Å². The van der Waals surface area contributed by atoms with Gasteiger partial charge in [-0.3, -0.25) is 9.59 Å². The Morgan fingerprint density at radius 3 is 2.48 bits per heavy atom. The van der Waals surface area contributed by atoms with Crippen molar-refractivity contribution in [1.82, 2.24) is 10.2 Å². The van der Waals surface area contributed by atoms with Crippen LogP contribution in [0.1, 0.15) is 30.6 Å². The molecule has 2 amide bonds. The average molecular weight is 298 g/mol. The Kier molecular flexibility index (Phi) is 6.27. The van der Waals surface area contributed by atoms with Gasteiger partial charge in [0.15, 0.2) is 11.6 Å². The van der Waals surface area contributed by atoms with E-state index in [4.69, 9.17) is 0 Å². The fraction of sp³-hybridized carbons (Fsp3) is 0.467. The Morgan fingerprint density at radius 1 is 1.24 bits per heavy atom. The van der Waals surface area contributed by atoms with Gasteiger partial charge in [0.25, 0.3) is 5.91 Å². The molecule has 1 rings (SSSR count). The molecule has 116 valence electrons. The van der Waals surface area contributed by atoms with Gasteiger partial charge in [0.1, 0.15) is 0 Å². The fourth-order valence-electron chi connectivity index (χ4n) is 1.61. The van der Waals surface area contributed by atoms with E-state index in [1.165, 1.54) is 11.0 Å². The Hall–Kier alpha value is -1.98. The minimum Gasteiger partial charge on any atom is -0.344 e. The highest BCUT2D eigenvalue weighted by atomic mass is 19.2. The van der Waals surface area contributed by atoms with E-state index in [-0.39, 0.29) is 18.0 Å². The lowest BCUT2D eigenvalue weighted by atomic mass is 10.1. The van der Waals surface area contributed by atoms with Crippen LogP contribution in [0.25, 0.3) is 0 Å². The van der Waals surface area contributed by atoms with E-state index in [1.807, 2.05) is 0 Å². The van der Waals surface area contributed by atoms with Crippen molar-refractivity contribution in [3.05, 3.63) is 35.4 Å². The van der Waals surface area contributed by atoms with Gasteiger partial charge in [0, 0.05) is 19.2 Å². The summed E-state index contributed by atoms with van der Waals surface area (Å²) >= 11 is 0. The van der Waals surface area contributed by atoms with E-state index in [0.717, 1.165) is 18.6 Å². The van der Waals surface area contributed by atoms with Crippen LogP contribution in [0.15, 0.2) is 18.2 Å². The van der Waals surface area contributed by atoms with Gasteiger partial charge in [-0.1, -0.05) is 13.8 Å². The Balaban J connectivity index is 2.48. The molecule has 0 saturated heterocycles. The highest BCUT2D eigenvalue weighted by molar-refractivity contribution is 5.96. The Bertz CT molecular complexity index is 518. The lowest BCUT2D eigenvalue weighted by Crippen LogP contribution is -2.38. The molecule has 0 atom stereocenters. The van der Waals surface area contributed by atoms with Gasteiger partial charge >= 0.3 is 0 Å². The van der Waals surface area contributed by atoms with E-state index >= 15 is 0 Å². The molecule has 0 fully saturated rings. The van der Waals surface area contributed by atoms with E-state index < -0.39 is 17.5 Å². The van der Waals surface area contributed by atoms with Crippen molar-refractivity contribution in [2.24, 2.45) is 5.92 Å². The van der Waals surface area contributed by atoms with Crippen molar-refractivity contribution in [2.45, 2.75) is 20.3 Å². The minimum absolute atomic E-state index is 0.0217. The summed E-state index contributed by atoms with van der Waals surface area (Å²) in [5, 5.41) is 2.39. The second-order valence-corrected chi connectivity index (χ2v) is 5.31. The second kappa shape index (κ2) is 7.71. The number of carbonyl (C=O) groups is 2. The number of hydrogen-bond donors (Lipinski definition) is 1. The lowest BCUT2D eigenvalue weighted by molar-refractivity contribution is -0.128. The third-order valence-electron chi connectivity index (χ3n) is 3.05. The van der Waals surface area contributed by atoms with Crippen molar-refractivity contribution in [2.75, 3.05) is 20.1 Å². The minimum atomic E-state index is -1.09. The molecule has 0 heterocycles. The van der Waals surface area contributed by atoms with Crippen LogP contribution in [0.3, 0.4) is 0 Å². The summed E-state index contributed by atoms with van der Waals surface area (Å²) in [6, 6.07) is 2.85. The number of likely N-dealkylation sites (N-methyl/N-ethyl adjacent to an activating group) is 1. The number of halogens is 2. The van der Waals surface area contributed by atoms with Crippen molar-refractivity contribution >= 4 is 11.8 Å². The van der Waals surface area contributed by atoms with E-state index in [0.29, 0.717) is 12.5 Å². The summed E-state index contributed by atoms with van der Waals surface area (Å²) < 4.78 is 25.8. The molecule has 0 unspecified atom stereocenters. The van der Waals surface area contributed by atoms with Gasteiger partial charge in [-0.25, -0.2) is 8.78 Å². The topological polar surface area (TPSA) is 49.4 Å². The van der Waals surface area contributed by atoms with Crippen molar-refractivity contribution in [1.29, 1.82) is 0 Å². The maximum atomic E-state index is 13.0. The zero-order chi connectivity index (χ0) is 16.0. The van der Waals surface area contributed by atoms with Gasteiger partial charge in [-0.2, -0.15) is 0 Å². The first-order valence-electron chi connectivity index (χ1n) is 6.78. The zero-order valence-electron chi connectivity index (χ0n) is 12.5. The Morgan fingerprint density at radius 2 is 1.90 bits per heavy atom. The highest BCUT2D eigenvalue weighted by Crippen LogP contribution is 2.08. The standard InChI is InChI=1S/C15H20F2N2O2/c1-10(2)6-7-19(3)14(20)9-18-15(21)11-4-5-12(16)13(17)8-11/h4-5,8,10H,6-7,9H2,1-3H3,(H,18,21). The molecular formula is C15H20F2N2O2. The van der Waals surface area contributed by atoms with Gasteiger partial charge in [0.05, 0.1) is 6.54 Å². The summed E-state index contributed by atoms with van der Waals surface area (Å²) in [7, 11) is 1.66. The number of nitrogens with zero attached hydrogens (tertiary/aromatic N) is 1. The number of amides is 2. The van der Waals surface area contributed by atoms with Gasteiger partial charge in [0.2, 0.25) is 5.91 Å². The normalized spacial score (nSPS) is 10.6. The molecule has 0 aliphatic heterocycles. The molecule has 1 N–H and O–H groups in total. The Labute approximate surface area is 123 Å². The molecule has 1 aromatic carbocycles. The molecule has 0 radical (unpaired) electrons. The molecule has 6 heteroatoms. The monoisotopic (exact) mass is 298 g/mol. The molecule has 0 saturated carbocycles. The SMILES string of the molecule is CC(C)CCN(C)C(=O)CNC(=O)c1ccc(F)c(F)c1. The zero-order valence-corrected chi connectivity index (χ0v) is 12.5. The third-order valence-corrected chi connectivity index (χ3v) is 3.05. The molecule has 0 spiro atoms. The van der Waals surface area contributed by atoms with E-state index in [2.05, 4.69) is 19.2 Å². The lowest BCUT2D eigenvalue weighted by Gasteiger charge is -2.18. The number of benzene rings is 1. The smallest absolute Gasteiger partial charge is 0.251 e. The van der Waals surface area contributed by atoms with Crippen molar-refractivity contribution in [3.63, 3.8) is 0 Å².